The van der Waals surface area contributed by atoms with Gasteiger partial charge in [0.25, 0.3) is 0 Å². The summed E-state index contributed by atoms with van der Waals surface area (Å²) in [4.78, 5) is 4.11. The number of nitrogens with zero attached hydrogens (tertiary/aromatic N) is 2. The summed E-state index contributed by atoms with van der Waals surface area (Å²) < 4.78 is 0.833. The third-order valence-electron chi connectivity index (χ3n) is 1.51. The molecular formula is C9H10BrN3. The van der Waals surface area contributed by atoms with Crippen molar-refractivity contribution in [1.82, 2.24) is 4.98 Å². The first-order valence-electron chi connectivity index (χ1n) is 4.07. The highest BCUT2D eigenvalue weighted by atomic mass is 79.9. The second-order valence-electron chi connectivity index (χ2n) is 2.59. The summed E-state index contributed by atoms with van der Waals surface area (Å²) in [6, 6.07) is 3.79. The maximum Gasteiger partial charge on any atom is 0.140 e. The molecule has 4 heteroatoms. The number of pyridine rings is 1. The van der Waals surface area contributed by atoms with Crippen LogP contribution in [0.25, 0.3) is 0 Å². The Hall–Kier alpha value is -1.08. The monoisotopic (exact) mass is 239 g/mol. The molecule has 0 saturated carbocycles. The lowest BCUT2D eigenvalue weighted by Gasteiger charge is -2.05. The lowest BCUT2D eigenvalue weighted by atomic mass is 10.3. The number of halogens is 1. The van der Waals surface area contributed by atoms with Gasteiger partial charge >= 0.3 is 0 Å². The maximum atomic E-state index is 8.60. The largest absolute Gasteiger partial charge is 0.369 e. The first kappa shape index (κ1) is 10.0. The predicted octanol–water partition coefficient (Wildman–Crippen LogP) is 2.54. The van der Waals surface area contributed by atoms with Crippen LogP contribution in [0.3, 0.4) is 0 Å². The Morgan fingerprint density at radius 3 is 3.00 bits per heavy atom. The van der Waals surface area contributed by atoms with Gasteiger partial charge in [-0.2, -0.15) is 5.26 Å². The van der Waals surface area contributed by atoms with Gasteiger partial charge in [0.2, 0.25) is 0 Å². The average Bonchev–Trinajstić information content (AvgIpc) is 2.16. The summed E-state index contributed by atoms with van der Waals surface area (Å²) in [5.41, 5.74) is 0.564. The molecule has 1 aromatic heterocycles. The highest BCUT2D eigenvalue weighted by Gasteiger charge is 2.00. The second kappa shape index (κ2) is 4.83. The third kappa shape index (κ3) is 2.71. The van der Waals surface area contributed by atoms with E-state index in [1.165, 1.54) is 0 Å². The maximum absolute atomic E-state index is 8.60. The van der Waals surface area contributed by atoms with Crippen LogP contribution in [0.5, 0.6) is 0 Å². The van der Waals surface area contributed by atoms with Crippen LogP contribution in [0, 0.1) is 11.3 Å². The first-order valence-corrected chi connectivity index (χ1v) is 4.86. The Morgan fingerprint density at radius 2 is 2.46 bits per heavy atom. The standard InChI is InChI=1S/C9H10BrN3/c1-2-3-12-9-8(10)4-7(5-11)6-13-9/h4,6H,2-3H2,1H3,(H,12,13). The molecule has 3 nitrogen and oxygen atoms in total. The highest BCUT2D eigenvalue weighted by molar-refractivity contribution is 9.10. The fourth-order valence-corrected chi connectivity index (χ4v) is 1.36. The van der Waals surface area contributed by atoms with Crippen molar-refractivity contribution < 1.29 is 0 Å². The van der Waals surface area contributed by atoms with Gasteiger partial charge in [-0.15, -0.1) is 0 Å². The molecule has 0 bridgehead atoms. The number of hydrogen-bond donors (Lipinski definition) is 1. The van der Waals surface area contributed by atoms with Crippen LogP contribution in [-0.4, -0.2) is 11.5 Å². The van der Waals surface area contributed by atoms with Gasteiger partial charge < -0.3 is 5.32 Å². The third-order valence-corrected chi connectivity index (χ3v) is 2.12. The lowest BCUT2D eigenvalue weighted by molar-refractivity contribution is 0.967. The molecule has 0 saturated heterocycles. The molecule has 0 aliphatic carbocycles. The SMILES string of the molecule is CCCNc1ncc(C#N)cc1Br. The Morgan fingerprint density at radius 1 is 1.69 bits per heavy atom. The molecule has 0 atom stereocenters. The van der Waals surface area contributed by atoms with E-state index >= 15 is 0 Å². The Balaban J connectivity index is 2.81. The summed E-state index contributed by atoms with van der Waals surface area (Å²) in [5.74, 6) is 0.792. The van der Waals surface area contributed by atoms with E-state index in [4.69, 9.17) is 5.26 Å². The van der Waals surface area contributed by atoms with Gasteiger partial charge in [-0.3, -0.25) is 0 Å². The molecule has 0 spiro atoms. The van der Waals surface area contributed by atoms with Crippen LogP contribution < -0.4 is 5.32 Å². The molecule has 0 fully saturated rings. The molecule has 0 aromatic carbocycles. The smallest absolute Gasteiger partial charge is 0.140 e. The summed E-state index contributed by atoms with van der Waals surface area (Å²) in [6.45, 7) is 2.97. The van der Waals surface area contributed by atoms with Crippen molar-refractivity contribution in [3.63, 3.8) is 0 Å². The van der Waals surface area contributed by atoms with Gasteiger partial charge in [-0.05, 0) is 28.4 Å². The van der Waals surface area contributed by atoms with E-state index < -0.39 is 0 Å². The van der Waals surface area contributed by atoms with Gasteiger partial charge in [-0.25, -0.2) is 4.98 Å². The van der Waals surface area contributed by atoms with E-state index in [-0.39, 0.29) is 0 Å². The van der Waals surface area contributed by atoms with Crippen molar-refractivity contribution in [3.05, 3.63) is 22.3 Å². The Labute approximate surface area is 85.9 Å². The summed E-state index contributed by atoms with van der Waals surface area (Å²) >= 11 is 3.34. The number of nitriles is 1. The summed E-state index contributed by atoms with van der Waals surface area (Å²) in [6.07, 6.45) is 2.61. The minimum Gasteiger partial charge on any atom is -0.369 e. The van der Waals surface area contributed by atoms with Crippen molar-refractivity contribution in [2.75, 3.05) is 11.9 Å². The zero-order valence-electron chi connectivity index (χ0n) is 7.34. The fraction of sp³-hybridized carbons (Fsp3) is 0.333. The molecule has 68 valence electrons. The Kier molecular flexibility index (Phi) is 3.71. The highest BCUT2D eigenvalue weighted by Crippen LogP contribution is 2.20. The number of hydrogen-bond acceptors (Lipinski definition) is 3. The summed E-state index contributed by atoms with van der Waals surface area (Å²) in [7, 11) is 0. The molecule has 0 aliphatic rings. The van der Waals surface area contributed by atoms with Crippen molar-refractivity contribution in [1.29, 1.82) is 5.26 Å². The molecule has 0 unspecified atom stereocenters. The minimum atomic E-state index is 0.564. The van der Waals surface area contributed by atoms with E-state index in [1.54, 1.807) is 12.3 Å². The molecule has 1 N–H and O–H groups in total. The van der Waals surface area contributed by atoms with E-state index in [0.717, 1.165) is 23.3 Å². The zero-order valence-corrected chi connectivity index (χ0v) is 8.93. The molecule has 1 rings (SSSR count). The quantitative estimate of drug-likeness (QED) is 0.883. The molecule has 0 radical (unpaired) electrons. The van der Waals surface area contributed by atoms with E-state index in [0.29, 0.717) is 5.56 Å². The first-order chi connectivity index (χ1) is 6.27. The minimum absolute atomic E-state index is 0.564. The van der Waals surface area contributed by atoms with Crippen LogP contribution >= 0.6 is 15.9 Å². The van der Waals surface area contributed by atoms with Crippen molar-refractivity contribution in [2.45, 2.75) is 13.3 Å². The molecule has 1 aromatic rings. The zero-order chi connectivity index (χ0) is 9.68. The van der Waals surface area contributed by atoms with E-state index in [2.05, 4.69) is 33.2 Å². The van der Waals surface area contributed by atoms with Gasteiger partial charge in [0, 0.05) is 12.7 Å². The van der Waals surface area contributed by atoms with Crippen LogP contribution in [0.2, 0.25) is 0 Å². The molecule has 1 heterocycles. The predicted molar refractivity (Wildman–Crippen MR) is 55.4 cm³/mol. The van der Waals surface area contributed by atoms with Gasteiger partial charge in [0.1, 0.15) is 11.9 Å². The fourth-order valence-electron chi connectivity index (χ4n) is 0.873. The molecular weight excluding hydrogens is 230 g/mol. The van der Waals surface area contributed by atoms with Crippen molar-refractivity contribution in [3.8, 4) is 6.07 Å². The molecule has 0 amide bonds. The number of nitrogens with one attached hydrogen (secondary N) is 1. The molecule has 0 aliphatic heterocycles. The van der Waals surface area contributed by atoms with Crippen LogP contribution in [-0.2, 0) is 0 Å². The van der Waals surface area contributed by atoms with Gasteiger partial charge in [0.15, 0.2) is 0 Å². The number of rotatable bonds is 3. The normalized spacial score (nSPS) is 9.31. The van der Waals surface area contributed by atoms with Gasteiger partial charge in [0.05, 0.1) is 10.0 Å². The molecule has 13 heavy (non-hydrogen) atoms. The van der Waals surface area contributed by atoms with E-state index in [1.807, 2.05) is 6.07 Å². The number of aromatic nitrogens is 1. The topological polar surface area (TPSA) is 48.7 Å². The lowest BCUT2D eigenvalue weighted by Crippen LogP contribution is -2.02. The van der Waals surface area contributed by atoms with Crippen LogP contribution in [0.4, 0.5) is 5.82 Å². The van der Waals surface area contributed by atoms with Crippen LogP contribution in [0.15, 0.2) is 16.7 Å². The van der Waals surface area contributed by atoms with Crippen molar-refractivity contribution in [2.24, 2.45) is 0 Å². The number of anilines is 1. The van der Waals surface area contributed by atoms with Gasteiger partial charge in [-0.1, -0.05) is 6.92 Å². The van der Waals surface area contributed by atoms with E-state index in [9.17, 15) is 0 Å². The average molecular weight is 240 g/mol. The Bertz CT molecular complexity index is 330. The second-order valence-corrected chi connectivity index (χ2v) is 3.45. The van der Waals surface area contributed by atoms with Crippen LogP contribution in [0.1, 0.15) is 18.9 Å². The summed E-state index contributed by atoms with van der Waals surface area (Å²) in [5, 5.41) is 11.7. The van der Waals surface area contributed by atoms with Crippen molar-refractivity contribution >= 4 is 21.7 Å².